The Kier molecular flexibility index (Phi) is 7.36. The van der Waals surface area contributed by atoms with Crippen molar-refractivity contribution in [3.8, 4) is 0 Å². The molecule has 0 spiro atoms. The van der Waals surface area contributed by atoms with Gasteiger partial charge in [0.05, 0.1) is 0 Å². The van der Waals surface area contributed by atoms with Gasteiger partial charge >= 0.3 is 7.32 Å². The van der Waals surface area contributed by atoms with Crippen molar-refractivity contribution in [2.24, 2.45) is 0 Å². The summed E-state index contributed by atoms with van der Waals surface area (Å²) in [5.74, 6) is 0. The van der Waals surface area contributed by atoms with Crippen LogP contribution in [-0.2, 0) is 11.1 Å². The standard InChI is InChI=1S/C13H20BClO3/c1-11-7-8-12(10-13(11)15)6-4-2-3-5-9-18-14(16)17/h7-8,10,16-17H,2-6,9H2,1H3. The van der Waals surface area contributed by atoms with E-state index < -0.39 is 7.32 Å². The van der Waals surface area contributed by atoms with Crippen LogP contribution in [0.3, 0.4) is 0 Å². The summed E-state index contributed by atoms with van der Waals surface area (Å²) < 4.78 is 4.63. The van der Waals surface area contributed by atoms with Gasteiger partial charge in [0, 0.05) is 11.6 Å². The zero-order valence-electron chi connectivity index (χ0n) is 10.7. The number of benzene rings is 1. The third-order valence-electron chi connectivity index (χ3n) is 2.86. The summed E-state index contributed by atoms with van der Waals surface area (Å²) in [5.41, 5.74) is 2.38. The molecule has 3 nitrogen and oxygen atoms in total. The molecule has 0 aliphatic rings. The highest BCUT2D eigenvalue weighted by molar-refractivity contribution is 6.32. The van der Waals surface area contributed by atoms with Gasteiger partial charge in [-0.1, -0.05) is 36.6 Å². The fourth-order valence-electron chi connectivity index (χ4n) is 1.77. The van der Waals surface area contributed by atoms with Crippen molar-refractivity contribution in [3.63, 3.8) is 0 Å². The predicted molar refractivity (Wildman–Crippen MR) is 74.5 cm³/mol. The SMILES string of the molecule is Cc1ccc(CCCCCCOB(O)O)cc1Cl. The van der Waals surface area contributed by atoms with Crippen LogP contribution < -0.4 is 0 Å². The second kappa shape index (κ2) is 8.54. The molecule has 0 amide bonds. The molecule has 5 heteroatoms. The van der Waals surface area contributed by atoms with Crippen LogP contribution in [0.2, 0.25) is 5.02 Å². The van der Waals surface area contributed by atoms with Gasteiger partial charge in [-0.2, -0.15) is 0 Å². The highest BCUT2D eigenvalue weighted by atomic mass is 35.5. The molecule has 0 unspecified atom stereocenters. The van der Waals surface area contributed by atoms with E-state index in [9.17, 15) is 0 Å². The highest BCUT2D eigenvalue weighted by Crippen LogP contribution is 2.18. The molecule has 0 aliphatic heterocycles. The van der Waals surface area contributed by atoms with E-state index in [1.807, 2.05) is 19.1 Å². The molecule has 0 aliphatic carbocycles. The maximum absolute atomic E-state index is 8.47. The third kappa shape index (κ3) is 6.40. The predicted octanol–water partition coefficient (Wildman–Crippen LogP) is 2.74. The first-order valence-electron chi connectivity index (χ1n) is 6.32. The maximum Gasteiger partial charge on any atom is 0.633 e. The van der Waals surface area contributed by atoms with Crippen LogP contribution in [0, 0.1) is 6.92 Å². The minimum absolute atomic E-state index is 0.397. The second-order valence-electron chi connectivity index (χ2n) is 4.44. The van der Waals surface area contributed by atoms with Crippen molar-refractivity contribution in [1.82, 2.24) is 0 Å². The second-order valence-corrected chi connectivity index (χ2v) is 4.85. The minimum atomic E-state index is -1.64. The Labute approximate surface area is 114 Å². The molecule has 18 heavy (non-hydrogen) atoms. The quantitative estimate of drug-likeness (QED) is 0.564. The first kappa shape index (κ1) is 15.5. The summed E-state index contributed by atoms with van der Waals surface area (Å²) in [4.78, 5) is 0. The molecule has 0 radical (unpaired) electrons. The van der Waals surface area contributed by atoms with Crippen LogP contribution in [0.5, 0.6) is 0 Å². The Morgan fingerprint density at radius 1 is 1.17 bits per heavy atom. The van der Waals surface area contributed by atoms with Crippen molar-refractivity contribution < 1.29 is 14.7 Å². The number of aryl methyl sites for hydroxylation is 2. The molecule has 2 N–H and O–H groups in total. The molecule has 0 saturated carbocycles. The number of halogens is 1. The van der Waals surface area contributed by atoms with E-state index in [0.717, 1.165) is 42.7 Å². The Hall–Kier alpha value is -0.545. The minimum Gasteiger partial charge on any atom is -0.402 e. The van der Waals surface area contributed by atoms with Crippen molar-refractivity contribution in [2.45, 2.75) is 39.0 Å². The number of hydrogen-bond acceptors (Lipinski definition) is 3. The molecule has 0 aromatic heterocycles. The normalized spacial score (nSPS) is 10.7. The molecule has 0 heterocycles. The zero-order valence-corrected chi connectivity index (χ0v) is 11.5. The smallest absolute Gasteiger partial charge is 0.402 e. The van der Waals surface area contributed by atoms with E-state index in [1.165, 1.54) is 5.56 Å². The summed E-state index contributed by atoms with van der Waals surface area (Å²) in [6, 6.07) is 6.20. The van der Waals surface area contributed by atoms with Crippen molar-refractivity contribution in [3.05, 3.63) is 34.3 Å². The fraction of sp³-hybridized carbons (Fsp3) is 0.538. The van der Waals surface area contributed by atoms with Crippen molar-refractivity contribution in [1.29, 1.82) is 0 Å². The lowest BCUT2D eigenvalue weighted by molar-refractivity contribution is 0.182. The third-order valence-corrected chi connectivity index (χ3v) is 3.27. The highest BCUT2D eigenvalue weighted by Gasteiger charge is 2.06. The van der Waals surface area contributed by atoms with Gasteiger partial charge in [0.1, 0.15) is 0 Å². The molecule has 1 aromatic rings. The van der Waals surface area contributed by atoms with Crippen LogP contribution in [0.4, 0.5) is 0 Å². The van der Waals surface area contributed by atoms with Gasteiger partial charge < -0.3 is 14.7 Å². The number of hydrogen-bond donors (Lipinski definition) is 2. The first-order chi connectivity index (χ1) is 8.59. The molecule has 0 atom stereocenters. The van der Waals surface area contributed by atoms with Gasteiger partial charge in [-0.3, -0.25) is 0 Å². The average molecular weight is 271 g/mol. The summed E-state index contributed by atoms with van der Waals surface area (Å²) >= 11 is 6.06. The molecular formula is C13H20BClO3. The summed E-state index contributed by atoms with van der Waals surface area (Å²) in [6.45, 7) is 2.40. The Morgan fingerprint density at radius 3 is 2.56 bits per heavy atom. The van der Waals surface area contributed by atoms with Gasteiger partial charge in [-0.05, 0) is 43.4 Å². The Morgan fingerprint density at radius 2 is 1.89 bits per heavy atom. The molecule has 0 saturated heterocycles. The molecule has 0 bridgehead atoms. The van der Waals surface area contributed by atoms with Gasteiger partial charge in [-0.25, -0.2) is 0 Å². The summed E-state index contributed by atoms with van der Waals surface area (Å²) in [7, 11) is -1.64. The Balaban J connectivity index is 2.09. The lowest BCUT2D eigenvalue weighted by Crippen LogP contribution is -2.17. The van der Waals surface area contributed by atoms with Crippen molar-refractivity contribution in [2.75, 3.05) is 6.61 Å². The van der Waals surface area contributed by atoms with E-state index in [2.05, 4.69) is 10.7 Å². The van der Waals surface area contributed by atoms with Crippen LogP contribution in [0.1, 0.15) is 36.8 Å². The fourth-order valence-corrected chi connectivity index (χ4v) is 1.97. The average Bonchev–Trinajstić information content (AvgIpc) is 2.32. The van der Waals surface area contributed by atoms with E-state index >= 15 is 0 Å². The van der Waals surface area contributed by atoms with Crippen LogP contribution >= 0.6 is 11.6 Å². The monoisotopic (exact) mass is 270 g/mol. The zero-order chi connectivity index (χ0) is 13.4. The molecular weight excluding hydrogens is 250 g/mol. The topological polar surface area (TPSA) is 49.7 Å². The first-order valence-corrected chi connectivity index (χ1v) is 6.70. The maximum atomic E-state index is 8.47. The largest absolute Gasteiger partial charge is 0.633 e. The van der Waals surface area contributed by atoms with Gasteiger partial charge in [0.2, 0.25) is 0 Å². The lowest BCUT2D eigenvalue weighted by atomic mass is 10.0. The van der Waals surface area contributed by atoms with E-state index in [-0.39, 0.29) is 0 Å². The molecule has 1 aromatic carbocycles. The van der Waals surface area contributed by atoms with E-state index in [1.54, 1.807) is 0 Å². The Bertz CT molecular complexity index is 358. The number of unbranched alkanes of at least 4 members (excludes halogenated alkanes) is 3. The molecule has 100 valence electrons. The van der Waals surface area contributed by atoms with Crippen LogP contribution in [0.25, 0.3) is 0 Å². The molecule has 1 rings (SSSR count). The number of rotatable bonds is 8. The summed E-state index contributed by atoms with van der Waals surface area (Å²) in [5, 5.41) is 17.8. The van der Waals surface area contributed by atoms with Crippen molar-refractivity contribution >= 4 is 18.9 Å². The lowest BCUT2D eigenvalue weighted by Gasteiger charge is -2.05. The van der Waals surface area contributed by atoms with Gasteiger partial charge in [0.15, 0.2) is 0 Å². The van der Waals surface area contributed by atoms with E-state index in [4.69, 9.17) is 21.6 Å². The van der Waals surface area contributed by atoms with Gasteiger partial charge in [-0.15, -0.1) is 0 Å². The molecule has 0 fully saturated rings. The van der Waals surface area contributed by atoms with Crippen LogP contribution in [-0.4, -0.2) is 24.0 Å². The van der Waals surface area contributed by atoms with Crippen LogP contribution in [0.15, 0.2) is 18.2 Å². The van der Waals surface area contributed by atoms with Gasteiger partial charge in [0.25, 0.3) is 0 Å². The summed E-state index contributed by atoms with van der Waals surface area (Å²) in [6.07, 6.45) is 5.14. The van der Waals surface area contributed by atoms with E-state index in [0.29, 0.717) is 6.61 Å².